The molecular weight excluding hydrogens is 208 g/mol. The van der Waals surface area contributed by atoms with Crippen molar-refractivity contribution in [1.29, 1.82) is 0 Å². The molecule has 0 N–H and O–H groups in total. The van der Waals surface area contributed by atoms with Gasteiger partial charge in [0.05, 0.1) is 5.69 Å². The van der Waals surface area contributed by atoms with Crippen LogP contribution in [0.3, 0.4) is 0 Å². The third-order valence-corrected chi connectivity index (χ3v) is 2.86. The van der Waals surface area contributed by atoms with E-state index in [0.717, 1.165) is 22.0 Å². The third kappa shape index (κ3) is 1.77. The second-order valence-corrected chi connectivity index (χ2v) is 4.12. The van der Waals surface area contributed by atoms with Crippen LogP contribution in [0.2, 0.25) is 5.02 Å². The van der Waals surface area contributed by atoms with Crippen molar-refractivity contribution in [1.82, 2.24) is 9.78 Å². The summed E-state index contributed by atoms with van der Waals surface area (Å²) in [6.07, 6.45) is 0. The average Bonchev–Trinajstić information content (AvgIpc) is 2.41. The van der Waals surface area contributed by atoms with Crippen LogP contribution in [0.25, 0.3) is 11.1 Å². The van der Waals surface area contributed by atoms with Crippen LogP contribution in [-0.2, 0) is 7.05 Å². The molecule has 0 radical (unpaired) electrons. The number of rotatable bonds is 1. The van der Waals surface area contributed by atoms with Gasteiger partial charge in [0.2, 0.25) is 0 Å². The van der Waals surface area contributed by atoms with Gasteiger partial charge in [-0.25, -0.2) is 0 Å². The number of benzene rings is 1. The van der Waals surface area contributed by atoms with E-state index in [1.165, 1.54) is 5.56 Å². The molecular formula is C12H13ClN2. The number of aryl methyl sites for hydroxylation is 2. The molecule has 0 saturated heterocycles. The minimum atomic E-state index is 0.759. The predicted molar refractivity (Wildman–Crippen MR) is 63.1 cm³/mol. The van der Waals surface area contributed by atoms with Crippen LogP contribution in [-0.4, -0.2) is 9.78 Å². The Bertz CT molecular complexity index is 500. The standard InChI is InChI=1S/C12H13ClN2/c1-8-12(9(2)15(3)14-8)10-5-4-6-11(13)7-10/h4-7H,1-3H3. The lowest BCUT2D eigenvalue weighted by Crippen LogP contribution is -1.92. The lowest BCUT2D eigenvalue weighted by molar-refractivity contribution is 0.731. The first-order chi connectivity index (χ1) is 7.09. The number of nitrogens with zero attached hydrogens (tertiary/aromatic N) is 2. The van der Waals surface area contributed by atoms with Crippen LogP contribution in [0.1, 0.15) is 11.4 Å². The van der Waals surface area contributed by atoms with Gasteiger partial charge in [-0.1, -0.05) is 23.7 Å². The maximum absolute atomic E-state index is 5.98. The van der Waals surface area contributed by atoms with Crippen molar-refractivity contribution in [2.45, 2.75) is 13.8 Å². The maximum Gasteiger partial charge on any atom is 0.0674 e. The van der Waals surface area contributed by atoms with Gasteiger partial charge in [-0.2, -0.15) is 5.10 Å². The van der Waals surface area contributed by atoms with Crippen molar-refractivity contribution in [2.75, 3.05) is 0 Å². The summed E-state index contributed by atoms with van der Waals surface area (Å²) in [5.74, 6) is 0. The van der Waals surface area contributed by atoms with E-state index in [-0.39, 0.29) is 0 Å². The van der Waals surface area contributed by atoms with E-state index in [1.807, 2.05) is 36.9 Å². The summed E-state index contributed by atoms with van der Waals surface area (Å²) in [6, 6.07) is 7.87. The Kier molecular flexibility index (Phi) is 2.53. The zero-order chi connectivity index (χ0) is 11.0. The highest BCUT2D eigenvalue weighted by Crippen LogP contribution is 2.28. The molecule has 15 heavy (non-hydrogen) atoms. The molecule has 2 rings (SSSR count). The molecule has 0 unspecified atom stereocenters. The lowest BCUT2D eigenvalue weighted by Gasteiger charge is -2.02. The van der Waals surface area contributed by atoms with Crippen LogP contribution in [0, 0.1) is 13.8 Å². The Hall–Kier alpha value is -1.28. The number of aromatic nitrogens is 2. The van der Waals surface area contributed by atoms with E-state index >= 15 is 0 Å². The number of halogens is 1. The molecule has 0 amide bonds. The summed E-state index contributed by atoms with van der Waals surface area (Å²) in [7, 11) is 1.95. The highest BCUT2D eigenvalue weighted by molar-refractivity contribution is 6.30. The molecule has 0 spiro atoms. The van der Waals surface area contributed by atoms with Crippen molar-refractivity contribution in [3.05, 3.63) is 40.7 Å². The van der Waals surface area contributed by atoms with E-state index < -0.39 is 0 Å². The van der Waals surface area contributed by atoms with Gasteiger partial charge in [0.15, 0.2) is 0 Å². The van der Waals surface area contributed by atoms with Crippen LogP contribution < -0.4 is 0 Å². The summed E-state index contributed by atoms with van der Waals surface area (Å²) in [5.41, 5.74) is 4.51. The molecule has 1 aromatic carbocycles. The van der Waals surface area contributed by atoms with E-state index in [4.69, 9.17) is 11.6 Å². The molecule has 0 bridgehead atoms. The molecule has 78 valence electrons. The van der Waals surface area contributed by atoms with Crippen LogP contribution in [0.5, 0.6) is 0 Å². The monoisotopic (exact) mass is 220 g/mol. The van der Waals surface area contributed by atoms with Crippen LogP contribution >= 0.6 is 11.6 Å². The molecule has 0 saturated carbocycles. The highest BCUT2D eigenvalue weighted by Gasteiger charge is 2.11. The van der Waals surface area contributed by atoms with E-state index in [0.29, 0.717) is 0 Å². The zero-order valence-corrected chi connectivity index (χ0v) is 9.84. The van der Waals surface area contributed by atoms with Gasteiger partial charge < -0.3 is 0 Å². The Balaban J connectivity index is 2.63. The highest BCUT2D eigenvalue weighted by atomic mass is 35.5. The van der Waals surface area contributed by atoms with Gasteiger partial charge in [-0.15, -0.1) is 0 Å². The first kappa shape index (κ1) is 10.2. The summed E-state index contributed by atoms with van der Waals surface area (Å²) < 4.78 is 1.89. The fraction of sp³-hybridized carbons (Fsp3) is 0.250. The molecule has 0 atom stereocenters. The summed E-state index contributed by atoms with van der Waals surface area (Å²) in [4.78, 5) is 0. The maximum atomic E-state index is 5.98. The number of hydrogen-bond acceptors (Lipinski definition) is 1. The first-order valence-electron chi connectivity index (χ1n) is 4.85. The van der Waals surface area contributed by atoms with E-state index in [9.17, 15) is 0 Å². The third-order valence-electron chi connectivity index (χ3n) is 2.62. The van der Waals surface area contributed by atoms with E-state index in [1.54, 1.807) is 0 Å². The van der Waals surface area contributed by atoms with Crippen molar-refractivity contribution in [2.24, 2.45) is 7.05 Å². The Labute approximate surface area is 94.5 Å². The molecule has 1 aromatic heterocycles. The number of hydrogen-bond donors (Lipinski definition) is 0. The minimum Gasteiger partial charge on any atom is -0.272 e. The SMILES string of the molecule is Cc1nn(C)c(C)c1-c1cccc(Cl)c1. The molecule has 0 aliphatic carbocycles. The molecule has 2 aromatic rings. The fourth-order valence-corrected chi connectivity index (χ4v) is 2.03. The van der Waals surface area contributed by atoms with Gasteiger partial charge in [-0.3, -0.25) is 4.68 Å². The minimum absolute atomic E-state index is 0.759. The van der Waals surface area contributed by atoms with Gasteiger partial charge >= 0.3 is 0 Å². The second kappa shape index (κ2) is 3.70. The topological polar surface area (TPSA) is 17.8 Å². The van der Waals surface area contributed by atoms with Gasteiger partial charge in [0.25, 0.3) is 0 Å². The Morgan fingerprint density at radius 3 is 2.53 bits per heavy atom. The Morgan fingerprint density at radius 2 is 2.00 bits per heavy atom. The summed E-state index contributed by atoms with van der Waals surface area (Å²) in [6.45, 7) is 4.08. The predicted octanol–water partition coefficient (Wildman–Crippen LogP) is 3.36. The Morgan fingerprint density at radius 1 is 1.27 bits per heavy atom. The van der Waals surface area contributed by atoms with Gasteiger partial charge in [0.1, 0.15) is 0 Å². The molecule has 1 heterocycles. The largest absolute Gasteiger partial charge is 0.272 e. The summed E-state index contributed by atoms with van der Waals surface area (Å²) in [5, 5.41) is 5.15. The fourth-order valence-electron chi connectivity index (χ4n) is 1.84. The molecule has 2 nitrogen and oxygen atoms in total. The van der Waals surface area contributed by atoms with Gasteiger partial charge in [-0.05, 0) is 31.5 Å². The summed E-state index contributed by atoms with van der Waals surface area (Å²) >= 11 is 5.98. The van der Waals surface area contributed by atoms with Crippen LogP contribution in [0.15, 0.2) is 24.3 Å². The molecule has 0 fully saturated rings. The van der Waals surface area contributed by atoms with Crippen molar-refractivity contribution >= 4 is 11.6 Å². The second-order valence-electron chi connectivity index (χ2n) is 3.68. The molecule has 0 aliphatic rings. The quantitative estimate of drug-likeness (QED) is 0.721. The first-order valence-corrected chi connectivity index (χ1v) is 5.23. The zero-order valence-electron chi connectivity index (χ0n) is 9.08. The molecule has 3 heteroatoms. The van der Waals surface area contributed by atoms with Crippen LogP contribution in [0.4, 0.5) is 0 Å². The molecule has 0 aliphatic heterocycles. The van der Waals surface area contributed by atoms with Crippen molar-refractivity contribution in [3.63, 3.8) is 0 Å². The van der Waals surface area contributed by atoms with Crippen molar-refractivity contribution in [3.8, 4) is 11.1 Å². The van der Waals surface area contributed by atoms with Gasteiger partial charge in [0, 0.05) is 23.3 Å². The average molecular weight is 221 g/mol. The lowest BCUT2D eigenvalue weighted by atomic mass is 10.0. The van der Waals surface area contributed by atoms with E-state index in [2.05, 4.69) is 18.1 Å². The smallest absolute Gasteiger partial charge is 0.0674 e. The normalized spacial score (nSPS) is 10.7. The van der Waals surface area contributed by atoms with Crippen molar-refractivity contribution < 1.29 is 0 Å².